The summed E-state index contributed by atoms with van der Waals surface area (Å²) in [5.41, 5.74) is 6.06. The minimum Gasteiger partial charge on any atom is -0.369 e. The van der Waals surface area contributed by atoms with E-state index in [0.29, 0.717) is 11.2 Å². The smallest absolute Gasteiger partial charge is 0.288 e. The lowest BCUT2D eigenvalue weighted by Crippen LogP contribution is -2.47. The van der Waals surface area contributed by atoms with Crippen LogP contribution in [-0.2, 0) is 16.8 Å². The molecule has 0 fully saturated rings. The summed E-state index contributed by atoms with van der Waals surface area (Å²) < 4.78 is 16.2. The van der Waals surface area contributed by atoms with Crippen LogP contribution in [0.4, 0.5) is 10.2 Å². The van der Waals surface area contributed by atoms with Gasteiger partial charge in [0.15, 0.2) is 11.7 Å². The fourth-order valence-electron chi connectivity index (χ4n) is 3.52. The van der Waals surface area contributed by atoms with E-state index in [1.165, 1.54) is 48.7 Å². The van der Waals surface area contributed by atoms with Crippen molar-refractivity contribution < 1.29 is 14.0 Å². The molecule has 1 aliphatic rings. The van der Waals surface area contributed by atoms with Gasteiger partial charge >= 0.3 is 0 Å². The molecule has 0 saturated heterocycles. The van der Waals surface area contributed by atoms with E-state index in [4.69, 9.17) is 12.3 Å². The summed E-state index contributed by atoms with van der Waals surface area (Å²) in [5, 5.41) is 0. The number of fused-ring (bicyclic) bond motifs is 1. The standard InChI is InChI=1S/C21H18FN7O2/c1-21(8-19(31)28(3)20(23)27-21)13-6-12(4-5-14(13)22)7-16(30)15-10-29-11-17(24-2)26-18(29)9-25-15/h4-6,9-11H,7-8H2,1,3H3,(H2,23,27). The number of aromatic nitrogens is 3. The number of amides is 1. The van der Waals surface area contributed by atoms with E-state index in [2.05, 4.69) is 19.8 Å². The molecular formula is C21H18FN7O2. The number of carbonyl (C=O) groups excluding carboxylic acids is 2. The number of nitrogens with two attached hydrogens (primary N) is 1. The summed E-state index contributed by atoms with van der Waals surface area (Å²) in [4.78, 5) is 42.0. The number of guanidine groups is 1. The van der Waals surface area contributed by atoms with Crippen LogP contribution in [0.15, 0.2) is 41.8 Å². The van der Waals surface area contributed by atoms with Crippen LogP contribution in [0.1, 0.15) is 35.0 Å². The van der Waals surface area contributed by atoms with Crippen molar-refractivity contribution in [3.8, 4) is 0 Å². The molecule has 0 aliphatic carbocycles. The van der Waals surface area contributed by atoms with Crippen molar-refractivity contribution in [2.75, 3.05) is 7.05 Å². The molecule has 4 rings (SSSR count). The average molecular weight is 419 g/mol. The van der Waals surface area contributed by atoms with Crippen molar-refractivity contribution in [2.24, 2.45) is 10.7 Å². The van der Waals surface area contributed by atoms with Gasteiger partial charge in [0.25, 0.3) is 5.82 Å². The fraction of sp³-hybridized carbons (Fsp3) is 0.238. The molecule has 2 aromatic heterocycles. The first-order chi connectivity index (χ1) is 14.7. The predicted octanol–water partition coefficient (Wildman–Crippen LogP) is 2.24. The number of aliphatic imine (C=N–C) groups is 1. The average Bonchev–Trinajstić information content (AvgIpc) is 3.15. The van der Waals surface area contributed by atoms with Gasteiger partial charge in [-0.05, 0) is 24.6 Å². The first-order valence-electron chi connectivity index (χ1n) is 9.36. The van der Waals surface area contributed by atoms with Gasteiger partial charge in [0.1, 0.15) is 11.5 Å². The molecule has 1 unspecified atom stereocenters. The number of Topliss-reactive ketones (excluding diaryl/α,β-unsaturated/α-hetero) is 1. The van der Waals surface area contributed by atoms with Crippen LogP contribution in [-0.4, -0.2) is 44.0 Å². The van der Waals surface area contributed by atoms with E-state index in [1.807, 2.05) is 0 Å². The fourth-order valence-corrected chi connectivity index (χ4v) is 3.52. The van der Waals surface area contributed by atoms with Crippen LogP contribution in [0.5, 0.6) is 0 Å². The quantitative estimate of drug-likeness (QED) is 0.515. The highest BCUT2D eigenvalue weighted by molar-refractivity contribution is 5.99. The Bertz CT molecular complexity index is 1310. The molecule has 10 heteroatoms. The largest absolute Gasteiger partial charge is 0.369 e. The maximum absolute atomic E-state index is 14.7. The summed E-state index contributed by atoms with van der Waals surface area (Å²) in [7, 11) is 1.51. The Balaban J connectivity index is 1.64. The topological polar surface area (TPSA) is 110 Å². The molecule has 0 saturated carbocycles. The molecule has 9 nitrogen and oxygen atoms in total. The van der Waals surface area contributed by atoms with E-state index < -0.39 is 11.4 Å². The zero-order valence-electron chi connectivity index (χ0n) is 16.8. The van der Waals surface area contributed by atoms with E-state index in [1.54, 1.807) is 11.3 Å². The minimum atomic E-state index is -1.17. The second kappa shape index (κ2) is 7.28. The second-order valence-corrected chi connectivity index (χ2v) is 7.54. The van der Waals surface area contributed by atoms with Gasteiger partial charge in [-0.3, -0.25) is 18.9 Å². The highest BCUT2D eigenvalue weighted by Crippen LogP contribution is 2.35. The molecule has 2 N–H and O–H groups in total. The number of benzene rings is 1. The summed E-state index contributed by atoms with van der Waals surface area (Å²) in [6, 6.07) is 4.30. The molecule has 3 aromatic rings. The zero-order chi connectivity index (χ0) is 22.3. The maximum Gasteiger partial charge on any atom is 0.288 e. The third-order valence-electron chi connectivity index (χ3n) is 5.28. The summed E-state index contributed by atoms with van der Waals surface area (Å²) in [6.45, 7) is 8.66. The van der Waals surface area contributed by atoms with Crippen molar-refractivity contribution in [1.82, 2.24) is 19.3 Å². The van der Waals surface area contributed by atoms with Gasteiger partial charge in [0.05, 0.1) is 18.2 Å². The molecule has 0 radical (unpaired) electrons. The van der Waals surface area contributed by atoms with Gasteiger partial charge < -0.3 is 10.6 Å². The van der Waals surface area contributed by atoms with E-state index in [9.17, 15) is 14.0 Å². The van der Waals surface area contributed by atoms with Crippen LogP contribution < -0.4 is 5.73 Å². The van der Waals surface area contributed by atoms with Crippen LogP contribution in [0.3, 0.4) is 0 Å². The van der Waals surface area contributed by atoms with E-state index in [0.717, 1.165) is 0 Å². The second-order valence-electron chi connectivity index (χ2n) is 7.54. The van der Waals surface area contributed by atoms with Crippen molar-refractivity contribution in [2.45, 2.75) is 25.3 Å². The van der Waals surface area contributed by atoms with E-state index in [-0.39, 0.29) is 47.6 Å². The molecule has 0 bridgehead atoms. The number of halogens is 1. The maximum atomic E-state index is 14.7. The summed E-state index contributed by atoms with van der Waals surface area (Å²) >= 11 is 0. The third-order valence-corrected chi connectivity index (χ3v) is 5.28. The molecule has 31 heavy (non-hydrogen) atoms. The lowest BCUT2D eigenvalue weighted by atomic mass is 9.85. The van der Waals surface area contributed by atoms with Crippen molar-refractivity contribution in [3.63, 3.8) is 0 Å². The third kappa shape index (κ3) is 3.61. The molecule has 1 atom stereocenters. The molecule has 1 aromatic carbocycles. The van der Waals surface area contributed by atoms with Gasteiger partial charge in [0.2, 0.25) is 11.6 Å². The molecule has 156 valence electrons. The SMILES string of the molecule is [C-]#[N+]c1cn2cc(C(=O)Cc3ccc(F)c(C4(C)CC(=O)N(C)C(N)=N4)c3)ncc2n1. The zero-order valence-corrected chi connectivity index (χ0v) is 16.8. The van der Waals surface area contributed by atoms with Crippen molar-refractivity contribution in [3.05, 3.63) is 70.8 Å². The number of hydrogen-bond donors (Lipinski definition) is 1. The van der Waals surface area contributed by atoms with Crippen LogP contribution in [0.25, 0.3) is 10.5 Å². The lowest BCUT2D eigenvalue weighted by Gasteiger charge is -2.34. The number of hydrogen-bond acceptors (Lipinski definition) is 6. The number of nitrogens with zero attached hydrogens (tertiary/aromatic N) is 6. The normalized spacial score (nSPS) is 18.7. The number of carbonyl (C=O) groups is 2. The Labute approximate surface area is 176 Å². The van der Waals surface area contributed by atoms with Gasteiger partial charge in [-0.2, -0.15) is 0 Å². The molecule has 1 aliphatic heterocycles. The van der Waals surface area contributed by atoms with Crippen molar-refractivity contribution >= 4 is 29.1 Å². The Kier molecular flexibility index (Phi) is 4.74. The molecule has 3 heterocycles. The summed E-state index contributed by atoms with van der Waals surface area (Å²) in [5.74, 6) is -0.874. The Hall–Kier alpha value is -4.13. The Morgan fingerprint density at radius 2 is 2.16 bits per heavy atom. The van der Waals surface area contributed by atoms with Crippen molar-refractivity contribution in [1.29, 1.82) is 0 Å². The Morgan fingerprint density at radius 3 is 2.87 bits per heavy atom. The number of rotatable bonds is 4. The highest BCUT2D eigenvalue weighted by atomic mass is 19.1. The van der Waals surface area contributed by atoms with Crippen LogP contribution in [0.2, 0.25) is 0 Å². The predicted molar refractivity (Wildman–Crippen MR) is 110 cm³/mol. The minimum absolute atomic E-state index is 0.0104. The number of ketones is 1. The lowest BCUT2D eigenvalue weighted by molar-refractivity contribution is -0.128. The molecule has 1 amide bonds. The van der Waals surface area contributed by atoms with Crippen LogP contribution in [0, 0.1) is 12.4 Å². The first-order valence-corrected chi connectivity index (χ1v) is 9.36. The molecular weight excluding hydrogens is 401 g/mol. The van der Waals surface area contributed by atoms with Crippen LogP contribution >= 0.6 is 0 Å². The molecule has 0 spiro atoms. The monoisotopic (exact) mass is 419 g/mol. The Morgan fingerprint density at radius 1 is 1.39 bits per heavy atom. The van der Waals surface area contributed by atoms with Gasteiger partial charge in [0, 0.05) is 31.4 Å². The first kappa shape index (κ1) is 20.2. The van der Waals surface area contributed by atoms with Gasteiger partial charge in [-0.15, -0.1) is 0 Å². The highest BCUT2D eigenvalue weighted by Gasteiger charge is 2.38. The summed E-state index contributed by atoms with van der Waals surface area (Å²) in [6.07, 6.45) is 4.36. The van der Waals surface area contributed by atoms with Gasteiger partial charge in [-0.1, -0.05) is 17.6 Å². The number of imidazole rings is 1. The van der Waals surface area contributed by atoms with E-state index >= 15 is 0 Å². The van der Waals surface area contributed by atoms with Gasteiger partial charge in [-0.25, -0.2) is 14.4 Å².